The van der Waals surface area contributed by atoms with Crippen molar-refractivity contribution in [3.05, 3.63) is 18.2 Å². The molecule has 2 rings (SSSR count). The lowest BCUT2D eigenvalue weighted by Crippen LogP contribution is -2.49. The number of aliphatic imine (C=N–C) groups is 1. The molecule has 0 aliphatic carbocycles. The quantitative estimate of drug-likeness (QED) is 0.535. The Morgan fingerprint density at radius 3 is 2.85 bits per heavy atom. The summed E-state index contributed by atoms with van der Waals surface area (Å²) in [6.45, 7) is 13.1. The summed E-state index contributed by atoms with van der Waals surface area (Å²) in [5.41, 5.74) is 0.905. The van der Waals surface area contributed by atoms with Gasteiger partial charge in [-0.1, -0.05) is 0 Å². The first kappa shape index (κ1) is 21.3. The second kappa shape index (κ2) is 11.0. The van der Waals surface area contributed by atoms with Crippen molar-refractivity contribution >= 4 is 11.6 Å². The third-order valence-corrected chi connectivity index (χ3v) is 4.57. The molecule has 0 radical (unpaired) electrons. The van der Waals surface area contributed by atoms with Gasteiger partial charge in [0, 0.05) is 36.9 Å². The third-order valence-electron chi connectivity index (χ3n) is 4.57. The normalized spacial score (nSPS) is 19.4. The molecule has 0 bridgehead atoms. The first-order valence-electron chi connectivity index (χ1n) is 9.78. The van der Waals surface area contributed by atoms with Gasteiger partial charge in [0.25, 0.3) is 0 Å². The summed E-state index contributed by atoms with van der Waals surface area (Å²) < 4.78 is 16.5. The summed E-state index contributed by atoms with van der Waals surface area (Å²) in [6.07, 6.45) is 0. The molecule has 1 heterocycles. The van der Waals surface area contributed by atoms with Gasteiger partial charge in [-0.15, -0.1) is 0 Å². The van der Waals surface area contributed by atoms with E-state index in [4.69, 9.17) is 19.2 Å². The van der Waals surface area contributed by atoms with E-state index in [0.29, 0.717) is 31.0 Å². The lowest BCUT2D eigenvalue weighted by Gasteiger charge is -2.37. The van der Waals surface area contributed by atoms with Gasteiger partial charge in [0.15, 0.2) is 17.5 Å². The molecule has 0 spiro atoms. The fourth-order valence-corrected chi connectivity index (χ4v) is 3.19. The van der Waals surface area contributed by atoms with Crippen molar-refractivity contribution in [1.29, 1.82) is 0 Å². The number of benzene rings is 1. The number of nitrogens with one attached hydrogen (secondary N) is 2. The Labute approximate surface area is 163 Å². The van der Waals surface area contributed by atoms with Crippen LogP contribution in [0, 0.1) is 0 Å². The number of ether oxygens (including phenoxy) is 3. The number of hydrogen-bond donors (Lipinski definition) is 2. The van der Waals surface area contributed by atoms with Crippen molar-refractivity contribution < 1.29 is 14.2 Å². The minimum atomic E-state index is 0.356. The van der Waals surface area contributed by atoms with Crippen molar-refractivity contribution in [2.75, 3.05) is 51.9 Å². The molecule has 1 saturated heterocycles. The Kier molecular flexibility index (Phi) is 8.67. The van der Waals surface area contributed by atoms with Gasteiger partial charge < -0.3 is 24.8 Å². The van der Waals surface area contributed by atoms with E-state index in [0.717, 1.165) is 43.7 Å². The molecule has 7 nitrogen and oxygen atoms in total. The SMILES string of the molecule is CCNC(=NCC(C)N1CCOCC1C)Nc1ccc(OCC)c(OC)c1. The van der Waals surface area contributed by atoms with Gasteiger partial charge in [-0.3, -0.25) is 9.89 Å². The van der Waals surface area contributed by atoms with E-state index in [1.165, 1.54) is 0 Å². The van der Waals surface area contributed by atoms with E-state index in [2.05, 4.69) is 36.3 Å². The Balaban J connectivity index is 2.04. The molecule has 2 atom stereocenters. The van der Waals surface area contributed by atoms with Crippen molar-refractivity contribution in [1.82, 2.24) is 10.2 Å². The lowest BCUT2D eigenvalue weighted by molar-refractivity contribution is -0.0165. The first-order chi connectivity index (χ1) is 13.1. The fourth-order valence-electron chi connectivity index (χ4n) is 3.19. The number of methoxy groups -OCH3 is 1. The maximum absolute atomic E-state index is 5.58. The predicted octanol–water partition coefficient (Wildman–Crippen LogP) is 2.58. The summed E-state index contributed by atoms with van der Waals surface area (Å²) >= 11 is 0. The van der Waals surface area contributed by atoms with Gasteiger partial charge in [0.2, 0.25) is 0 Å². The third kappa shape index (κ3) is 6.29. The van der Waals surface area contributed by atoms with Gasteiger partial charge >= 0.3 is 0 Å². The number of hydrogen-bond acceptors (Lipinski definition) is 5. The Bertz CT molecular complexity index is 609. The number of guanidine groups is 1. The van der Waals surface area contributed by atoms with Gasteiger partial charge in [0.05, 0.1) is 33.5 Å². The van der Waals surface area contributed by atoms with Crippen LogP contribution in [0.4, 0.5) is 5.69 Å². The van der Waals surface area contributed by atoms with Crippen LogP contribution >= 0.6 is 0 Å². The summed E-state index contributed by atoms with van der Waals surface area (Å²) in [6, 6.07) is 6.58. The number of anilines is 1. The van der Waals surface area contributed by atoms with Crippen LogP contribution in [-0.4, -0.2) is 69.5 Å². The summed E-state index contributed by atoms with van der Waals surface area (Å²) in [4.78, 5) is 7.23. The van der Waals surface area contributed by atoms with Crippen molar-refractivity contribution in [2.45, 2.75) is 39.8 Å². The minimum Gasteiger partial charge on any atom is -0.493 e. The highest BCUT2D eigenvalue weighted by molar-refractivity contribution is 5.93. The molecule has 152 valence electrons. The second-order valence-electron chi connectivity index (χ2n) is 6.65. The molecule has 1 aliphatic heterocycles. The van der Waals surface area contributed by atoms with Gasteiger partial charge in [0.1, 0.15) is 0 Å². The molecular formula is C20H34N4O3. The van der Waals surface area contributed by atoms with Crippen molar-refractivity contribution in [3.63, 3.8) is 0 Å². The fraction of sp³-hybridized carbons (Fsp3) is 0.650. The zero-order valence-corrected chi connectivity index (χ0v) is 17.2. The Morgan fingerprint density at radius 2 is 2.19 bits per heavy atom. The Hall–Kier alpha value is -1.99. The standard InChI is InChI=1S/C20H34N4O3/c1-6-21-20(22-13-15(3)24-10-11-26-14-16(24)4)23-17-8-9-18(27-7-2)19(12-17)25-5/h8-9,12,15-16H,6-7,10-11,13-14H2,1-5H3,(H2,21,22,23). The van der Waals surface area contributed by atoms with Gasteiger partial charge in [-0.25, -0.2) is 0 Å². The highest BCUT2D eigenvalue weighted by Crippen LogP contribution is 2.30. The highest BCUT2D eigenvalue weighted by Gasteiger charge is 2.23. The van der Waals surface area contributed by atoms with Gasteiger partial charge in [-0.05, 0) is 39.8 Å². The van der Waals surface area contributed by atoms with Crippen molar-refractivity contribution in [2.24, 2.45) is 4.99 Å². The number of rotatable bonds is 8. The van der Waals surface area contributed by atoms with Crippen LogP contribution in [-0.2, 0) is 4.74 Å². The lowest BCUT2D eigenvalue weighted by atomic mass is 10.2. The molecule has 27 heavy (non-hydrogen) atoms. The van der Waals surface area contributed by atoms with Crippen LogP contribution in [0.3, 0.4) is 0 Å². The monoisotopic (exact) mass is 378 g/mol. The maximum atomic E-state index is 5.58. The molecule has 0 amide bonds. The van der Waals surface area contributed by atoms with Crippen LogP contribution in [0.25, 0.3) is 0 Å². The highest BCUT2D eigenvalue weighted by atomic mass is 16.5. The summed E-state index contributed by atoms with van der Waals surface area (Å²) in [5.74, 6) is 2.20. The van der Waals surface area contributed by atoms with E-state index in [-0.39, 0.29) is 0 Å². The van der Waals surface area contributed by atoms with E-state index in [9.17, 15) is 0 Å². The topological polar surface area (TPSA) is 67.4 Å². The molecule has 1 aromatic carbocycles. The largest absolute Gasteiger partial charge is 0.493 e. The molecule has 1 aromatic rings. The van der Waals surface area contributed by atoms with E-state index in [1.807, 2.05) is 25.1 Å². The molecule has 1 aliphatic rings. The summed E-state index contributed by atoms with van der Waals surface area (Å²) in [5, 5.41) is 6.66. The van der Waals surface area contributed by atoms with E-state index >= 15 is 0 Å². The van der Waals surface area contributed by atoms with Crippen LogP contribution < -0.4 is 20.1 Å². The molecule has 0 saturated carbocycles. The van der Waals surface area contributed by atoms with Crippen LogP contribution in [0.5, 0.6) is 11.5 Å². The molecule has 7 heteroatoms. The smallest absolute Gasteiger partial charge is 0.195 e. The van der Waals surface area contributed by atoms with Crippen LogP contribution in [0.2, 0.25) is 0 Å². The zero-order valence-electron chi connectivity index (χ0n) is 17.2. The van der Waals surface area contributed by atoms with Crippen LogP contribution in [0.1, 0.15) is 27.7 Å². The number of morpholine rings is 1. The molecule has 1 fully saturated rings. The number of nitrogens with zero attached hydrogens (tertiary/aromatic N) is 2. The molecular weight excluding hydrogens is 344 g/mol. The predicted molar refractivity (Wildman–Crippen MR) is 110 cm³/mol. The van der Waals surface area contributed by atoms with E-state index < -0.39 is 0 Å². The second-order valence-corrected chi connectivity index (χ2v) is 6.65. The van der Waals surface area contributed by atoms with Gasteiger partial charge in [-0.2, -0.15) is 0 Å². The first-order valence-corrected chi connectivity index (χ1v) is 9.78. The maximum Gasteiger partial charge on any atom is 0.195 e. The van der Waals surface area contributed by atoms with Crippen LogP contribution in [0.15, 0.2) is 23.2 Å². The zero-order chi connectivity index (χ0) is 19.6. The summed E-state index contributed by atoms with van der Waals surface area (Å²) in [7, 11) is 1.64. The van der Waals surface area contributed by atoms with Crippen molar-refractivity contribution in [3.8, 4) is 11.5 Å². The average molecular weight is 379 g/mol. The average Bonchev–Trinajstić information content (AvgIpc) is 2.67. The molecule has 2 unspecified atom stereocenters. The Morgan fingerprint density at radius 1 is 1.37 bits per heavy atom. The van der Waals surface area contributed by atoms with E-state index in [1.54, 1.807) is 7.11 Å². The molecule has 0 aromatic heterocycles. The minimum absolute atomic E-state index is 0.356. The molecule has 2 N–H and O–H groups in total.